The van der Waals surface area contributed by atoms with E-state index in [2.05, 4.69) is 5.32 Å². The van der Waals surface area contributed by atoms with Crippen LogP contribution in [0.1, 0.15) is 15.9 Å². The monoisotopic (exact) mass is 287 g/mol. The fraction of sp³-hybridized carbons (Fsp3) is 0.188. The van der Waals surface area contributed by atoms with Gasteiger partial charge in [-0.3, -0.25) is 4.79 Å². The largest absolute Gasteiger partial charge is 0.397 e. The normalized spacial score (nSPS) is 10.3. The Hall–Kier alpha value is -2.56. The van der Waals surface area contributed by atoms with Crippen LogP contribution in [-0.2, 0) is 0 Å². The quantitative estimate of drug-likeness (QED) is 0.853. The van der Waals surface area contributed by atoms with Crippen molar-refractivity contribution in [1.29, 1.82) is 0 Å². The first-order valence-corrected chi connectivity index (χ1v) is 6.53. The van der Waals surface area contributed by atoms with Gasteiger partial charge in [0.15, 0.2) is 0 Å². The molecular formula is C16H18FN3O. The number of nitrogens with one attached hydrogen (secondary N) is 1. The van der Waals surface area contributed by atoms with Gasteiger partial charge in [0.2, 0.25) is 0 Å². The highest BCUT2D eigenvalue weighted by molar-refractivity contribution is 6.05. The maximum atomic E-state index is 13.6. The summed E-state index contributed by atoms with van der Waals surface area (Å²) >= 11 is 0. The van der Waals surface area contributed by atoms with Crippen molar-refractivity contribution in [3.05, 3.63) is 53.3 Å². The Morgan fingerprint density at radius 3 is 2.52 bits per heavy atom. The Bertz CT molecular complexity index is 683. The van der Waals surface area contributed by atoms with E-state index >= 15 is 0 Å². The number of rotatable bonds is 3. The minimum atomic E-state index is -0.466. The molecule has 0 aliphatic carbocycles. The van der Waals surface area contributed by atoms with E-state index in [0.717, 1.165) is 11.3 Å². The number of amides is 1. The summed E-state index contributed by atoms with van der Waals surface area (Å²) in [5.41, 5.74) is 8.66. The highest BCUT2D eigenvalue weighted by atomic mass is 19.1. The van der Waals surface area contributed by atoms with E-state index in [-0.39, 0.29) is 5.69 Å². The maximum Gasteiger partial charge on any atom is 0.255 e. The number of nitrogens with zero attached hydrogens (tertiary/aromatic N) is 1. The summed E-state index contributed by atoms with van der Waals surface area (Å²) in [4.78, 5) is 14.0. The minimum absolute atomic E-state index is 0.162. The van der Waals surface area contributed by atoms with Gasteiger partial charge in [-0.15, -0.1) is 0 Å². The first-order chi connectivity index (χ1) is 9.88. The molecule has 0 radical (unpaired) electrons. The van der Waals surface area contributed by atoms with Crippen LogP contribution < -0.4 is 16.0 Å². The molecule has 0 aromatic heterocycles. The van der Waals surface area contributed by atoms with E-state index in [0.29, 0.717) is 11.3 Å². The average molecular weight is 287 g/mol. The number of nitrogens with two attached hydrogens (primary N) is 1. The van der Waals surface area contributed by atoms with E-state index in [1.165, 1.54) is 6.07 Å². The zero-order valence-electron chi connectivity index (χ0n) is 12.3. The smallest absolute Gasteiger partial charge is 0.255 e. The van der Waals surface area contributed by atoms with E-state index in [1.54, 1.807) is 30.3 Å². The molecule has 4 nitrogen and oxygen atoms in total. The zero-order valence-corrected chi connectivity index (χ0v) is 12.3. The molecule has 0 heterocycles. The summed E-state index contributed by atoms with van der Waals surface area (Å²) in [5.74, 6) is -0.858. The summed E-state index contributed by atoms with van der Waals surface area (Å²) in [7, 11) is 3.74. The Balaban J connectivity index is 2.24. The molecule has 0 aliphatic rings. The number of hydrogen-bond acceptors (Lipinski definition) is 3. The van der Waals surface area contributed by atoms with Crippen molar-refractivity contribution in [2.45, 2.75) is 6.92 Å². The molecule has 0 aliphatic heterocycles. The minimum Gasteiger partial charge on any atom is -0.397 e. The van der Waals surface area contributed by atoms with Gasteiger partial charge >= 0.3 is 0 Å². The van der Waals surface area contributed by atoms with Gasteiger partial charge in [-0.2, -0.15) is 0 Å². The molecule has 1 amide bonds. The highest BCUT2D eigenvalue weighted by Crippen LogP contribution is 2.23. The van der Waals surface area contributed by atoms with Crippen LogP contribution in [0.25, 0.3) is 0 Å². The van der Waals surface area contributed by atoms with Crippen LogP contribution >= 0.6 is 0 Å². The van der Waals surface area contributed by atoms with E-state index in [4.69, 9.17) is 5.73 Å². The second kappa shape index (κ2) is 5.83. The molecule has 21 heavy (non-hydrogen) atoms. The van der Waals surface area contributed by atoms with Crippen LogP contribution in [0.15, 0.2) is 36.4 Å². The summed E-state index contributed by atoms with van der Waals surface area (Å²) in [5, 5.41) is 2.56. The summed E-state index contributed by atoms with van der Waals surface area (Å²) in [6.45, 7) is 1.83. The molecular weight excluding hydrogens is 269 g/mol. The van der Waals surface area contributed by atoms with Crippen LogP contribution in [0.4, 0.5) is 21.5 Å². The average Bonchev–Trinajstić information content (AvgIpc) is 2.42. The number of carbonyl (C=O) groups excluding carboxylic acids is 1. The number of benzene rings is 2. The number of hydrogen-bond donors (Lipinski definition) is 2. The molecule has 3 N–H and O–H groups in total. The molecule has 2 rings (SSSR count). The van der Waals surface area contributed by atoms with E-state index < -0.39 is 11.7 Å². The standard InChI is InChI=1S/C16H18FN3O/c1-10-4-6-12(17)14(8-10)19-16(21)11-5-7-15(20(2)3)13(18)9-11/h4-9H,18H2,1-3H3,(H,19,21). The van der Waals surface area contributed by atoms with Crippen molar-refractivity contribution in [3.63, 3.8) is 0 Å². The van der Waals surface area contributed by atoms with Crippen LogP contribution in [-0.4, -0.2) is 20.0 Å². The highest BCUT2D eigenvalue weighted by Gasteiger charge is 2.11. The molecule has 2 aromatic carbocycles. The lowest BCUT2D eigenvalue weighted by atomic mass is 10.1. The first-order valence-electron chi connectivity index (χ1n) is 6.53. The molecule has 5 heteroatoms. The molecule has 0 saturated carbocycles. The number of aryl methyl sites for hydroxylation is 1. The van der Waals surface area contributed by atoms with Crippen molar-refractivity contribution in [1.82, 2.24) is 0 Å². The van der Waals surface area contributed by atoms with Gasteiger partial charge in [-0.05, 0) is 42.8 Å². The topological polar surface area (TPSA) is 58.4 Å². The van der Waals surface area contributed by atoms with Crippen molar-refractivity contribution in [3.8, 4) is 0 Å². The van der Waals surface area contributed by atoms with Crippen molar-refractivity contribution >= 4 is 23.0 Å². The summed E-state index contributed by atoms with van der Waals surface area (Å²) in [6, 6.07) is 9.57. The maximum absolute atomic E-state index is 13.6. The SMILES string of the molecule is Cc1ccc(F)c(NC(=O)c2ccc(N(C)C)c(N)c2)c1. The molecule has 0 atom stereocenters. The molecule has 0 spiro atoms. The Morgan fingerprint density at radius 1 is 1.19 bits per heavy atom. The van der Waals surface area contributed by atoms with Gasteiger partial charge in [0.05, 0.1) is 17.1 Å². The predicted molar refractivity (Wildman–Crippen MR) is 84.3 cm³/mol. The molecule has 0 saturated heterocycles. The molecule has 0 fully saturated rings. The van der Waals surface area contributed by atoms with Crippen LogP contribution in [0.3, 0.4) is 0 Å². The van der Waals surface area contributed by atoms with E-state index in [9.17, 15) is 9.18 Å². The molecule has 0 unspecified atom stereocenters. The van der Waals surface area contributed by atoms with Crippen LogP contribution in [0.2, 0.25) is 0 Å². The molecule has 2 aromatic rings. The number of nitrogen functional groups attached to an aromatic ring is 1. The van der Waals surface area contributed by atoms with Crippen molar-refractivity contribution in [2.75, 3.05) is 30.0 Å². The van der Waals surface area contributed by atoms with Gasteiger partial charge in [0.25, 0.3) is 5.91 Å². The Morgan fingerprint density at radius 2 is 1.90 bits per heavy atom. The fourth-order valence-electron chi connectivity index (χ4n) is 2.03. The van der Waals surface area contributed by atoms with E-state index in [1.807, 2.05) is 25.9 Å². The number of anilines is 3. The third-order valence-electron chi connectivity index (χ3n) is 3.14. The summed E-state index contributed by atoms with van der Waals surface area (Å²) in [6.07, 6.45) is 0. The van der Waals surface area contributed by atoms with Crippen molar-refractivity contribution < 1.29 is 9.18 Å². The first kappa shape index (κ1) is 14.8. The van der Waals surface area contributed by atoms with Gasteiger partial charge in [0, 0.05) is 19.7 Å². The van der Waals surface area contributed by atoms with Gasteiger partial charge in [0.1, 0.15) is 5.82 Å². The fourth-order valence-corrected chi connectivity index (χ4v) is 2.03. The number of halogens is 1. The number of carbonyl (C=O) groups is 1. The van der Waals surface area contributed by atoms with Crippen LogP contribution in [0.5, 0.6) is 0 Å². The predicted octanol–water partition coefficient (Wildman–Crippen LogP) is 3.03. The Labute approximate surface area is 123 Å². The lowest BCUT2D eigenvalue weighted by Gasteiger charge is -2.16. The lowest BCUT2D eigenvalue weighted by Crippen LogP contribution is -2.15. The molecule has 110 valence electrons. The Kier molecular flexibility index (Phi) is 4.12. The lowest BCUT2D eigenvalue weighted by molar-refractivity contribution is 0.102. The second-order valence-corrected chi connectivity index (χ2v) is 5.11. The van der Waals surface area contributed by atoms with Crippen molar-refractivity contribution in [2.24, 2.45) is 0 Å². The second-order valence-electron chi connectivity index (χ2n) is 5.11. The third kappa shape index (κ3) is 3.31. The third-order valence-corrected chi connectivity index (χ3v) is 3.14. The van der Waals surface area contributed by atoms with Gasteiger partial charge < -0.3 is 16.0 Å². The molecule has 0 bridgehead atoms. The zero-order chi connectivity index (χ0) is 15.6. The summed E-state index contributed by atoms with van der Waals surface area (Å²) < 4.78 is 13.6. The van der Waals surface area contributed by atoms with Gasteiger partial charge in [-0.1, -0.05) is 6.07 Å². The van der Waals surface area contributed by atoms with Crippen LogP contribution in [0, 0.1) is 12.7 Å². The van der Waals surface area contributed by atoms with Gasteiger partial charge in [-0.25, -0.2) is 4.39 Å².